The number of aryl methyl sites for hydroxylation is 1. The average molecular weight is 261 g/mol. The standard InChI is InChI=1S/C14H15NO2S/c1-10-5-3-6-11(9-10)15-13(14(16)17-2)12-7-4-8-18-12/h3-9,13,15H,1-2H3. The summed E-state index contributed by atoms with van der Waals surface area (Å²) in [6.07, 6.45) is 0. The molecule has 0 fully saturated rings. The van der Waals surface area contributed by atoms with Gasteiger partial charge in [-0.05, 0) is 36.1 Å². The summed E-state index contributed by atoms with van der Waals surface area (Å²) >= 11 is 1.53. The van der Waals surface area contributed by atoms with Gasteiger partial charge in [-0.25, -0.2) is 4.79 Å². The van der Waals surface area contributed by atoms with E-state index in [9.17, 15) is 4.79 Å². The van der Waals surface area contributed by atoms with Gasteiger partial charge in [0.25, 0.3) is 0 Å². The molecule has 1 atom stereocenters. The predicted molar refractivity (Wildman–Crippen MR) is 73.9 cm³/mol. The molecule has 1 heterocycles. The van der Waals surface area contributed by atoms with Gasteiger partial charge in [-0.3, -0.25) is 0 Å². The van der Waals surface area contributed by atoms with Crippen LogP contribution in [0.2, 0.25) is 0 Å². The van der Waals surface area contributed by atoms with Crippen molar-refractivity contribution in [2.24, 2.45) is 0 Å². The summed E-state index contributed by atoms with van der Waals surface area (Å²) in [6.45, 7) is 2.02. The van der Waals surface area contributed by atoms with Crippen molar-refractivity contribution in [3.63, 3.8) is 0 Å². The highest BCUT2D eigenvalue weighted by atomic mass is 32.1. The normalized spacial score (nSPS) is 11.9. The van der Waals surface area contributed by atoms with E-state index in [4.69, 9.17) is 4.74 Å². The van der Waals surface area contributed by atoms with E-state index in [0.717, 1.165) is 16.1 Å². The molecule has 0 radical (unpaired) electrons. The monoisotopic (exact) mass is 261 g/mol. The summed E-state index contributed by atoms with van der Waals surface area (Å²) in [4.78, 5) is 12.8. The summed E-state index contributed by atoms with van der Waals surface area (Å²) in [5.74, 6) is -0.279. The van der Waals surface area contributed by atoms with Crippen LogP contribution in [0.3, 0.4) is 0 Å². The minimum absolute atomic E-state index is 0.279. The molecule has 0 saturated heterocycles. The summed E-state index contributed by atoms with van der Waals surface area (Å²) in [5, 5.41) is 5.16. The van der Waals surface area contributed by atoms with Gasteiger partial charge in [0.1, 0.15) is 0 Å². The highest BCUT2D eigenvalue weighted by Crippen LogP contribution is 2.25. The molecule has 0 amide bonds. The molecule has 0 spiro atoms. The zero-order chi connectivity index (χ0) is 13.0. The van der Waals surface area contributed by atoms with Gasteiger partial charge in [0.2, 0.25) is 0 Å². The number of benzene rings is 1. The lowest BCUT2D eigenvalue weighted by molar-refractivity contribution is -0.141. The Hall–Kier alpha value is -1.81. The number of carbonyl (C=O) groups excluding carboxylic acids is 1. The molecule has 4 heteroatoms. The fraction of sp³-hybridized carbons (Fsp3) is 0.214. The van der Waals surface area contributed by atoms with E-state index < -0.39 is 6.04 Å². The zero-order valence-electron chi connectivity index (χ0n) is 10.3. The van der Waals surface area contributed by atoms with E-state index in [-0.39, 0.29) is 5.97 Å². The fourth-order valence-corrected chi connectivity index (χ4v) is 2.48. The van der Waals surface area contributed by atoms with Crippen LogP contribution in [0.5, 0.6) is 0 Å². The highest BCUT2D eigenvalue weighted by molar-refractivity contribution is 7.10. The molecule has 2 aromatic rings. The highest BCUT2D eigenvalue weighted by Gasteiger charge is 2.22. The molecule has 1 aromatic heterocycles. The number of esters is 1. The molecule has 94 valence electrons. The van der Waals surface area contributed by atoms with Crippen LogP contribution in [-0.2, 0) is 9.53 Å². The van der Waals surface area contributed by atoms with E-state index in [2.05, 4.69) is 5.32 Å². The van der Waals surface area contributed by atoms with E-state index in [1.807, 2.05) is 48.7 Å². The Kier molecular flexibility index (Phi) is 3.99. The van der Waals surface area contributed by atoms with Crippen LogP contribution < -0.4 is 5.32 Å². The first-order valence-corrected chi connectivity index (χ1v) is 6.53. The largest absolute Gasteiger partial charge is 0.467 e. The Morgan fingerprint density at radius 1 is 1.33 bits per heavy atom. The first kappa shape index (κ1) is 12.6. The van der Waals surface area contributed by atoms with Crippen molar-refractivity contribution in [3.05, 3.63) is 52.2 Å². The summed E-state index contributed by atoms with van der Waals surface area (Å²) in [7, 11) is 1.40. The topological polar surface area (TPSA) is 38.3 Å². The van der Waals surface area contributed by atoms with Crippen LogP contribution >= 0.6 is 11.3 Å². The minimum atomic E-state index is -0.447. The van der Waals surface area contributed by atoms with Gasteiger partial charge in [-0.15, -0.1) is 11.3 Å². The van der Waals surface area contributed by atoms with E-state index in [1.165, 1.54) is 18.4 Å². The Balaban J connectivity index is 2.23. The zero-order valence-corrected chi connectivity index (χ0v) is 11.2. The van der Waals surface area contributed by atoms with Crippen LogP contribution in [0.25, 0.3) is 0 Å². The van der Waals surface area contributed by atoms with Crippen LogP contribution in [0, 0.1) is 6.92 Å². The number of methoxy groups -OCH3 is 1. The second-order valence-corrected chi connectivity index (χ2v) is 4.96. The van der Waals surface area contributed by atoms with Gasteiger partial charge >= 0.3 is 5.97 Å². The van der Waals surface area contributed by atoms with Gasteiger partial charge < -0.3 is 10.1 Å². The van der Waals surface area contributed by atoms with Crippen LogP contribution in [0.1, 0.15) is 16.5 Å². The Labute approximate surface area is 110 Å². The lowest BCUT2D eigenvalue weighted by Gasteiger charge is -2.16. The number of rotatable bonds is 4. The van der Waals surface area contributed by atoms with E-state index >= 15 is 0 Å². The van der Waals surface area contributed by atoms with Crippen molar-refractivity contribution in [3.8, 4) is 0 Å². The van der Waals surface area contributed by atoms with Crippen molar-refractivity contribution < 1.29 is 9.53 Å². The smallest absolute Gasteiger partial charge is 0.333 e. The summed E-state index contributed by atoms with van der Waals surface area (Å²) in [5.41, 5.74) is 2.06. The molecule has 18 heavy (non-hydrogen) atoms. The fourth-order valence-electron chi connectivity index (χ4n) is 1.72. The third kappa shape index (κ3) is 2.90. The number of nitrogens with one attached hydrogen (secondary N) is 1. The lowest BCUT2D eigenvalue weighted by atomic mass is 10.2. The average Bonchev–Trinajstić information content (AvgIpc) is 2.89. The number of hydrogen-bond donors (Lipinski definition) is 1. The van der Waals surface area contributed by atoms with Gasteiger partial charge in [0.15, 0.2) is 6.04 Å². The van der Waals surface area contributed by atoms with Gasteiger partial charge in [-0.1, -0.05) is 18.2 Å². The Morgan fingerprint density at radius 3 is 2.78 bits per heavy atom. The third-order valence-corrected chi connectivity index (χ3v) is 3.53. The molecule has 1 unspecified atom stereocenters. The van der Waals surface area contributed by atoms with Crippen molar-refractivity contribution in [2.45, 2.75) is 13.0 Å². The second kappa shape index (κ2) is 5.69. The maximum Gasteiger partial charge on any atom is 0.333 e. The molecule has 3 nitrogen and oxygen atoms in total. The molecule has 0 aliphatic rings. The van der Waals surface area contributed by atoms with Crippen molar-refractivity contribution in [2.75, 3.05) is 12.4 Å². The molecule has 0 bridgehead atoms. The number of thiophene rings is 1. The first-order chi connectivity index (χ1) is 8.70. The van der Waals surface area contributed by atoms with Gasteiger partial charge in [-0.2, -0.15) is 0 Å². The quantitative estimate of drug-likeness (QED) is 0.857. The lowest BCUT2D eigenvalue weighted by Crippen LogP contribution is -2.21. The Bertz CT molecular complexity index is 522. The van der Waals surface area contributed by atoms with Crippen molar-refractivity contribution in [1.29, 1.82) is 0 Å². The summed E-state index contributed by atoms with van der Waals surface area (Å²) in [6, 6.07) is 11.3. The molecule has 1 aromatic carbocycles. The van der Waals surface area contributed by atoms with Crippen molar-refractivity contribution >= 4 is 23.0 Å². The van der Waals surface area contributed by atoms with Crippen LogP contribution in [0.15, 0.2) is 41.8 Å². The van der Waals surface area contributed by atoms with Crippen LogP contribution in [-0.4, -0.2) is 13.1 Å². The van der Waals surface area contributed by atoms with E-state index in [0.29, 0.717) is 0 Å². The molecular formula is C14H15NO2S. The number of ether oxygens (including phenoxy) is 1. The molecule has 0 aliphatic carbocycles. The number of anilines is 1. The number of hydrogen-bond acceptors (Lipinski definition) is 4. The summed E-state index contributed by atoms with van der Waals surface area (Å²) < 4.78 is 4.84. The van der Waals surface area contributed by atoms with Gasteiger partial charge in [0, 0.05) is 10.6 Å². The molecule has 2 rings (SSSR count). The maximum atomic E-state index is 11.8. The van der Waals surface area contributed by atoms with Crippen LogP contribution in [0.4, 0.5) is 5.69 Å². The molecular weight excluding hydrogens is 246 g/mol. The molecule has 0 saturated carbocycles. The third-order valence-electron chi connectivity index (χ3n) is 2.59. The second-order valence-electron chi connectivity index (χ2n) is 3.99. The SMILES string of the molecule is COC(=O)C(Nc1cccc(C)c1)c1cccs1. The predicted octanol–water partition coefficient (Wildman–Crippen LogP) is 3.38. The molecule has 0 aliphatic heterocycles. The minimum Gasteiger partial charge on any atom is -0.467 e. The molecule has 1 N–H and O–H groups in total. The first-order valence-electron chi connectivity index (χ1n) is 5.65. The van der Waals surface area contributed by atoms with E-state index in [1.54, 1.807) is 0 Å². The van der Waals surface area contributed by atoms with Gasteiger partial charge in [0.05, 0.1) is 7.11 Å². The van der Waals surface area contributed by atoms with Crippen molar-refractivity contribution in [1.82, 2.24) is 0 Å². The Morgan fingerprint density at radius 2 is 2.17 bits per heavy atom. The number of carbonyl (C=O) groups is 1. The maximum absolute atomic E-state index is 11.8.